The summed E-state index contributed by atoms with van der Waals surface area (Å²) in [5.41, 5.74) is 0.498. The van der Waals surface area contributed by atoms with Crippen LogP contribution >= 0.6 is 11.3 Å². The number of aromatic nitrogens is 1. The van der Waals surface area contributed by atoms with E-state index in [0.29, 0.717) is 24.6 Å². The Labute approximate surface area is 132 Å². The maximum absolute atomic E-state index is 12.3. The fourth-order valence-electron chi connectivity index (χ4n) is 2.64. The quantitative estimate of drug-likeness (QED) is 0.814. The van der Waals surface area contributed by atoms with Crippen LogP contribution in [0.15, 0.2) is 18.2 Å². The molecule has 2 amide bonds. The van der Waals surface area contributed by atoms with Gasteiger partial charge in [0, 0.05) is 12.8 Å². The average Bonchev–Trinajstić information content (AvgIpc) is 2.79. The van der Waals surface area contributed by atoms with Gasteiger partial charge in [0.2, 0.25) is 11.8 Å². The van der Waals surface area contributed by atoms with Crippen LogP contribution in [0.2, 0.25) is 0 Å². The molecule has 116 valence electrons. The number of rotatable bonds is 3. The van der Waals surface area contributed by atoms with E-state index in [4.69, 9.17) is 4.74 Å². The first-order chi connectivity index (χ1) is 10.4. The van der Waals surface area contributed by atoms with Crippen LogP contribution in [0.25, 0.3) is 10.2 Å². The molecule has 0 saturated carbocycles. The van der Waals surface area contributed by atoms with Gasteiger partial charge in [-0.25, -0.2) is 9.88 Å². The molecule has 1 aromatic carbocycles. The van der Waals surface area contributed by atoms with Crippen molar-refractivity contribution in [3.05, 3.63) is 18.2 Å². The molecule has 1 aromatic heterocycles. The lowest BCUT2D eigenvalue weighted by Gasteiger charge is -2.33. The summed E-state index contributed by atoms with van der Waals surface area (Å²) >= 11 is 1.34. The van der Waals surface area contributed by atoms with Crippen LogP contribution < -0.4 is 9.64 Å². The first kappa shape index (κ1) is 15.0. The molecule has 2 aromatic rings. The lowest BCUT2D eigenvalue weighted by atomic mass is 9.82. The molecule has 0 bridgehead atoms. The predicted octanol–water partition coefficient (Wildman–Crippen LogP) is 3.37. The Bertz CT molecular complexity index is 731. The second kappa shape index (κ2) is 5.35. The van der Waals surface area contributed by atoms with Crippen LogP contribution in [0.4, 0.5) is 5.13 Å². The zero-order valence-corrected chi connectivity index (χ0v) is 13.7. The molecule has 0 spiro atoms. The highest BCUT2D eigenvalue weighted by Crippen LogP contribution is 2.37. The third-order valence-electron chi connectivity index (χ3n) is 3.61. The maximum atomic E-state index is 12.3. The number of carbonyl (C=O) groups is 2. The normalized spacial score (nSPS) is 18.0. The SMILES string of the molecule is CCOc1ccc2nc(N3C(=O)CC(C)(C)CC3=O)sc2c1. The van der Waals surface area contributed by atoms with Crippen molar-refractivity contribution in [3.8, 4) is 5.75 Å². The van der Waals surface area contributed by atoms with Crippen LogP contribution in [0, 0.1) is 5.41 Å². The number of anilines is 1. The number of amides is 2. The van der Waals surface area contributed by atoms with E-state index in [-0.39, 0.29) is 17.2 Å². The lowest BCUT2D eigenvalue weighted by Crippen LogP contribution is -2.46. The van der Waals surface area contributed by atoms with Crippen LogP contribution in [-0.4, -0.2) is 23.4 Å². The predicted molar refractivity (Wildman–Crippen MR) is 86.3 cm³/mol. The van der Waals surface area contributed by atoms with Gasteiger partial charge in [0.15, 0.2) is 5.13 Å². The van der Waals surface area contributed by atoms with Crippen molar-refractivity contribution in [3.63, 3.8) is 0 Å². The third-order valence-corrected chi connectivity index (χ3v) is 4.61. The molecule has 6 heteroatoms. The fraction of sp³-hybridized carbons (Fsp3) is 0.438. The Morgan fingerprint density at radius 1 is 1.27 bits per heavy atom. The van der Waals surface area contributed by atoms with E-state index in [9.17, 15) is 9.59 Å². The van der Waals surface area contributed by atoms with Gasteiger partial charge in [-0.2, -0.15) is 0 Å². The number of fused-ring (bicyclic) bond motifs is 1. The van der Waals surface area contributed by atoms with E-state index in [1.165, 1.54) is 16.2 Å². The van der Waals surface area contributed by atoms with E-state index in [1.54, 1.807) is 0 Å². The minimum Gasteiger partial charge on any atom is -0.494 e. The molecule has 22 heavy (non-hydrogen) atoms. The standard InChI is InChI=1S/C16H18N2O3S/c1-4-21-10-5-6-11-12(7-10)22-15(17-11)18-13(19)8-16(2,3)9-14(18)20/h5-7H,4,8-9H2,1-3H3. The van der Waals surface area contributed by atoms with Gasteiger partial charge in [0.05, 0.1) is 16.8 Å². The van der Waals surface area contributed by atoms with Crippen LogP contribution in [0.1, 0.15) is 33.6 Å². The number of hydrogen-bond donors (Lipinski definition) is 0. The van der Waals surface area contributed by atoms with Gasteiger partial charge >= 0.3 is 0 Å². The van der Waals surface area contributed by atoms with Gasteiger partial charge in [-0.05, 0) is 30.5 Å². The third kappa shape index (κ3) is 2.70. The number of imide groups is 1. The Morgan fingerprint density at radius 3 is 2.59 bits per heavy atom. The number of piperidine rings is 1. The molecule has 0 N–H and O–H groups in total. The molecular formula is C16H18N2O3S. The molecule has 3 rings (SSSR count). The highest BCUT2D eigenvalue weighted by atomic mass is 32.1. The number of carbonyl (C=O) groups excluding carboxylic acids is 2. The summed E-state index contributed by atoms with van der Waals surface area (Å²) in [6.07, 6.45) is 0.720. The molecule has 0 atom stereocenters. The molecule has 0 radical (unpaired) electrons. The first-order valence-corrected chi connectivity index (χ1v) is 8.10. The average molecular weight is 318 g/mol. The highest BCUT2D eigenvalue weighted by Gasteiger charge is 2.39. The summed E-state index contributed by atoms with van der Waals surface area (Å²) in [6.45, 7) is 6.39. The number of benzene rings is 1. The first-order valence-electron chi connectivity index (χ1n) is 7.29. The van der Waals surface area contributed by atoms with E-state index >= 15 is 0 Å². The fourth-order valence-corrected chi connectivity index (χ4v) is 3.67. The van der Waals surface area contributed by atoms with Crippen molar-refractivity contribution in [1.29, 1.82) is 0 Å². The molecule has 1 fully saturated rings. The smallest absolute Gasteiger partial charge is 0.236 e. The molecule has 1 saturated heterocycles. The second-order valence-electron chi connectivity index (χ2n) is 6.20. The summed E-state index contributed by atoms with van der Waals surface area (Å²) in [7, 11) is 0. The molecule has 0 aliphatic carbocycles. The molecular weight excluding hydrogens is 300 g/mol. The van der Waals surface area contributed by atoms with Crippen molar-refractivity contribution < 1.29 is 14.3 Å². The van der Waals surface area contributed by atoms with Crippen molar-refractivity contribution in [2.45, 2.75) is 33.6 Å². The van der Waals surface area contributed by atoms with E-state index in [2.05, 4.69) is 4.98 Å². The summed E-state index contributed by atoms with van der Waals surface area (Å²) in [5, 5.41) is 0.453. The van der Waals surface area contributed by atoms with Crippen LogP contribution in [0.5, 0.6) is 5.75 Å². The van der Waals surface area contributed by atoms with Crippen molar-refractivity contribution >= 4 is 38.5 Å². The monoisotopic (exact) mass is 318 g/mol. The van der Waals surface area contributed by atoms with Crippen molar-refractivity contribution in [2.24, 2.45) is 5.41 Å². The zero-order valence-electron chi connectivity index (χ0n) is 12.9. The topological polar surface area (TPSA) is 59.5 Å². The van der Waals surface area contributed by atoms with Gasteiger partial charge in [0.1, 0.15) is 5.75 Å². The number of hydrogen-bond acceptors (Lipinski definition) is 5. The summed E-state index contributed by atoms with van der Waals surface area (Å²) in [5.74, 6) is 0.415. The minimum atomic E-state index is -0.274. The van der Waals surface area contributed by atoms with Gasteiger partial charge in [-0.1, -0.05) is 25.2 Å². The Balaban J connectivity index is 1.96. The summed E-state index contributed by atoms with van der Waals surface area (Å²) in [4.78, 5) is 30.3. The van der Waals surface area contributed by atoms with Gasteiger partial charge in [0.25, 0.3) is 0 Å². The van der Waals surface area contributed by atoms with Crippen LogP contribution in [0.3, 0.4) is 0 Å². The number of ether oxygens (including phenoxy) is 1. The number of nitrogens with zero attached hydrogens (tertiary/aromatic N) is 2. The van der Waals surface area contributed by atoms with Crippen molar-refractivity contribution in [1.82, 2.24) is 4.98 Å². The Kier molecular flexibility index (Phi) is 3.64. The van der Waals surface area contributed by atoms with Gasteiger partial charge < -0.3 is 4.74 Å². The lowest BCUT2D eigenvalue weighted by molar-refractivity contribution is -0.132. The molecule has 0 unspecified atom stereocenters. The van der Waals surface area contributed by atoms with E-state index in [1.807, 2.05) is 39.0 Å². The maximum Gasteiger partial charge on any atom is 0.236 e. The highest BCUT2D eigenvalue weighted by molar-refractivity contribution is 7.22. The summed E-state index contributed by atoms with van der Waals surface area (Å²) < 4.78 is 6.38. The minimum absolute atomic E-state index is 0.176. The Hall–Kier alpha value is -1.95. The van der Waals surface area contributed by atoms with E-state index in [0.717, 1.165) is 16.0 Å². The Morgan fingerprint density at radius 2 is 1.95 bits per heavy atom. The second-order valence-corrected chi connectivity index (χ2v) is 7.21. The largest absolute Gasteiger partial charge is 0.494 e. The molecule has 2 heterocycles. The zero-order chi connectivity index (χ0) is 15.9. The van der Waals surface area contributed by atoms with Crippen LogP contribution in [-0.2, 0) is 9.59 Å². The van der Waals surface area contributed by atoms with Gasteiger partial charge in [-0.15, -0.1) is 0 Å². The molecule has 5 nitrogen and oxygen atoms in total. The molecule has 1 aliphatic rings. The summed E-state index contributed by atoms with van der Waals surface area (Å²) in [6, 6.07) is 5.59. The molecule has 1 aliphatic heterocycles. The van der Waals surface area contributed by atoms with Crippen molar-refractivity contribution in [2.75, 3.05) is 11.5 Å². The van der Waals surface area contributed by atoms with E-state index < -0.39 is 0 Å². The number of thiazole rings is 1. The van der Waals surface area contributed by atoms with Gasteiger partial charge in [-0.3, -0.25) is 9.59 Å².